The Kier molecular flexibility index (Phi) is 6.86. The summed E-state index contributed by atoms with van der Waals surface area (Å²) in [5.41, 5.74) is 1.07. The van der Waals surface area contributed by atoms with E-state index in [1.807, 2.05) is 25.3 Å². The summed E-state index contributed by atoms with van der Waals surface area (Å²) >= 11 is 5.02. The predicted molar refractivity (Wildman–Crippen MR) is 86.5 cm³/mol. The van der Waals surface area contributed by atoms with Gasteiger partial charge in [-0.05, 0) is 30.4 Å². The number of halogens is 1. The highest BCUT2D eigenvalue weighted by atomic mass is 79.9. The highest BCUT2D eigenvalue weighted by Crippen LogP contribution is 2.20. The molecule has 0 amide bonds. The molecule has 0 aliphatic carbocycles. The van der Waals surface area contributed by atoms with Crippen molar-refractivity contribution in [3.05, 3.63) is 29.8 Å². The molecule has 108 valence electrons. The van der Waals surface area contributed by atoms with Crippen LogP contribution in [0, 0.1) is 0 Å². The minimum absolute atomic E-state index is 0.0378. The van der Waals surface area contributed by atoms with Crippen LogP contribution < -0.4 is 0 Å². The quantitative estimate of drug-likeness (QED) is 0.695. The first-order valence-electron chi connectivity index (χ1n) is 6.09. The van der Waals surface area contributed by atoms with E-state index >= 15 is 0 Å². The van der Waals surface area contributed by atoms with E-state index < -0.39 is 10.0 Å². The SMILES string of the molecule is CCC(CSC)N(C)S(=O)(=O)c1ccc(CBr)cc1. The maximum Gasteiger partial charge on any atom is 0.243 e. The lowest BCUT2D eigenvalue weighted by molar-refractivity contribution is 0.385. The van der Waals surface area contributed by atoms with Gasteiger partial charge in [0.25, 0.3) is 0 Å². The van der Waals surface area contributed by atoms with Crippen LogP contribution in [0.2, 0.25) is 0 Å². The molecule has 1 atom stereocenters. The molecule has 1 aromatic carbocycles. The first-order chi connectivity index (χ1) is 8.97. The van der Waals surface area contributed by atoms with Crippen molar-refractivity contribution in [1.82, 2.24) is 4.31 Å². The lowest BCUT2D eigenvalue weighted by Crippen LogP contribution is -2.38. The molecule has 0 spiro atoms. The van der Waals surface area contributed by atoms with Crippen LogP contribution in [0.3, 0.4) is 0 Å². The Morgan fingerprint density at radius 3 is 2.32 bits per heavy atom. The second-order valence-electron chi connectivity index (χ2n) is 4.32. The first kappa shape index (κ1) is 17.0. The third-order valence-corrected chi connectivity index (χ3v) is 6.39. The Labute approximate surface area is 128 Å². The molecule has 0 heterocycles. The smallest absolute Gasteiger partial charge is 0.207 e. The molecular weight excluding hydrogens is 346 g/mol. The fourth-order valence-electron chi connectivity index (χ4n) is 1.79. The molecule has 1 aromatic rings. The highest BCUT2D eigenvalue weighted by molar-refractivity contribution is 9.08. The molecule has 3 nitrogen and oxygen atoms in total. The van der Waals surface area contributed by atoms with Crippen LogP contribution in [-0.2, 0) is 15.4 Å². The van der Waals surface area contributed by atoms with E-state index in [0.29, 0.717) is 4.90 Å². The number of nitrogens with zero attached hydrogens (tertiary/aromatic N) is 1. The zero-order valence-corrected chi connectivity index (χ0v) is 14.7. The average molecular weight is 366 g/mol. The van der Waals surface area contributed by atoms with Gasteiger partial charge in [-0.2, -0.15) is 16.1 Å². The minimum Gasteiger partial charge on any atom is -0.207 e. The Hall–Kier alpha value is -0.0400. The summed E-state index contributed by atoms with van der Waals surface area (Å²) in [5.74, 6) is 0.811. The molecule has 0 radical (unpaired) electrons. The topological polar surface area (TPSA) is 37.4 Å². The van der Waals surface area contributed by atoms with Crippen molar-refractivity contribution in [3.8, 4) is 0 Å². The zero-order chi connectivity index (χ0) is 14.5. The van der Waals surface area contributed by atoms with Gasteiger partial charge in [0, 0.05) is 24.2 Å². The summed E-state index contributed by atoms with van der Waals surface area (Å²) in [6.07, 6.45) is 2.81. The van der Waals surface area contributed by atoms with Crippen LogP contribution >= 0.6 is 27.7 Å². The lowest BCUT2D eigenvalue weighted by Gasteiger charge is -2.26. The van der Waals surface area contributed by atoms with Gasteiger partial charge in [-0.1, -0.05) is 35.0 Å². The summed E-state index contributed by atoms with van der Waals surface area (Å²) < 4.78 is 26.5. The van der Waals surface area contributed by atoms with Gasteiger partial charge in [-0.3, -0.25) is 0 Å². The molecule has 0 fully saturated rings. The standard InChI is InChI=1S/C13H20BrNO2S2/c1-4-12(10-18-3)15(2)19(16,17)13-7-5-11(9-14)6-8-13/h5-8,12H,4,9-10H2,1-3H3. The summed E-state index contributed by atoms with van der Waals surface area (Å²) in [5, 5.41) is 0.729. The molecule has 1 unspecified atom stereocenters. The van der Waals surface area contributed by atoms with Crippen LogP contribution in [0.25, 0.3) is 0 Å². The summed E-state index contributed by atoms with van der Waals surface area (Å²) in [6.45, 7) is 2.01. The minimum atomic E-state index is -3.39. The van der Waals surface area contributed by atoms with E-state index in [4.69, 9.17) is 0 Å². The summed E-state index contributed by atoms with van der Waals surface area (Å²) in [4.78, 5) is 0.360. The van der Waals surface area contributed by atoms with Crippen LogP contribution in [-0.4, -0.2) is 37.8 Å². The Morgan fingerprint density at radius 1 is 1.32 bits per heavy atom. The normalized spacial score (nSPS) is 13.7. The van der Waals surface area contributed by atoms with Gasteiger partial charge >= 0.3 is 0 Å². The van der Waals surface area contributed by atoms with Gasteiger partial charge in [-0.15, -0.1) is 0 Å². The number of rotatable bonds is 7. The zero-order valence-electron chi connectivity index (χ0n) is 11.5. The van der Waals surface area contributed by atoms with E-state index in [1.165, 1.54) is 4.31 Å². The molecule has 1 rings (SSSR count). The fourth-order valence-corrected chi connectivity index (χ4v) is 4.53. The molecule has 0 saturated heterocycles. The summed E-state index contributed by atoms with van der Waals surface area (Å²) in [6, 6.07) is 7.06. The Bertz CT molecular complexity index is 488. The van der Waals surface area contributed by atoms with Gasteiger partial charge in [-0.25, -0.2) is 8.42 Å². The van der Waals surface area contributed by atoms with E-state index in [0.717, 1.165) is 23.1 Å². The number of sulfonamides is 1. The van der Waals surface area contributed by atoms with Crippen molar-refractivity contribution in [2.75, 3.05) is 19.1 Å². The largest absolute Gasteiger partial charge is 0.243 e. The number of alkyl halides is 1. The molecule has 0 aromatic heterocycles. The number of thioether (sulfide) groups is 1. The Morgan fingerprint density at radius 2 is 1.89 bits per heavy atom. The molecule has 19 heavy (non-hydrogen) atoms. The fraction of sp³-hybridized carbons (Fsp3) is 0.538. The van der Waals surface area contributed by atoms with Crippen molar-refractivity contribution in [3.63, 3.8) is 0 Å². The molecule has 6 heteroatoms. The van der Waals surface area contributed by atoms with E-state index in [2.05, 4.69) is 15.9 Å². The van der Waals surface area contributed by atoms with Crippen molar-refractivity contribution in [1.29, 1.82) is 0 Å². The van der Waals surface area contributed by atoms with Crippen molar-refractivity contribution >= 4 is 37.7 Å². The van der Waals surface area contributed by atoms with Crippen molar-refractivity contribution in [2.45, 2.75) is 29.6 Å². The van der Waals surface area contributed by atoms with Gasteiger partial charge in [0.1, 0.15) is 0 Å². The average Bonchev–Trinajstić information content (AvgIpc) is 2.44. The van der Waals surface area contributed by atoms with Crippen molar-refractivity contribution < 1.29 is 8.42 Å². The maximum atomic E-state index is 12.5. The number of hydrogen-bond donors (Lipinski definition) is 0. The second kappa shape index (κ2) is 7.67. The van der Waals surface area contributed by atoms with Gasteiger partial charge in [0.2, 0.25) is 10.0 Å². The lowest BCUT2D eigenvalue weighted by atomic mass is 10.2. The van der Waals surface area contributed by atoms with Crippen LogP contribution in [0.5, 0.6) is 0 Å². The molecule has 0 saturated carbocycles. The van der Waals surface area contributed by atoms with E-state index in [9.17, 15) is 8.42 Å². The predicted octanol–water partition coefficient (Wildman–Crippen LogP) is 3.34. The van der Waals surface area contributed by atoms with Gasteiger partial charge < -0.3 is 0 Å². The molecule has 0 N–H and O–H groups in total. The van der Waals surface area contributed by atoms with E-state index in [-0.39, 0.29) is 6.04 Å². The third-order valence-electron chi connectivity index (χ3n) is 3.10. The monoisotopic (exact) mass is 365 g/mol. The van der Waals surface area contributed by atoms with Crippen LogP contribution in [0.4, 0.5) is 0 Å². The molecular formula is C13H20BrNO2S2. The third kappa shape index (κ3) is 4.21. The highest BCUT2D eigenvalue weighted by Gasteiger charge is 2.26. The van der Waals surface area contributed by atoms with Crippen LogP contribution in [0.1, 0.15) is 18.9 Å². The van der Waals surface area contributed by atoms with E-state index in [1.54, 1.807) is 30.9 Å². The van der Waals surface area contributed by atoms with Crippen molar-refractivity contribution in [2.24, 2.45) is 0 Å². The van der Waals surface area contributed by atoms with Gasteiger partial charge in [0.15, 0.2) is 0 Å². The maximum absolute atomic E-state index is 12.5. The Balaban J connectivity index is 3.00. The van der Waals surface area contributed by atoms with Crippen LogP contribution in [0.15, 0.2) is 29.2 Å². The molecule has 0 aliphatic rings. The number of hydrogen-bond acceptors (Lipinski definition) is 3. The molecule has 0 aliphatic heterocycles. The summed E-state index contributed by atoms with van der Waals surface area (Å²) in [7, 11) is -1.73. The molecule has 0 bridgehead atoms. The first-order valence-corrected chi connectivity index (χ1v) is 10.0. The second-order valence-corrected chi connectivity index (χ2v) is 7.79. The number of benzene rings is 1. The van der Waals surface area contributed by atoms with Gasteiger partial charge in [0.05, 0.1) is 4.90 Å².